The molecule has 4 nitrogen and oxygen atoms in total. The Morgan fingerprint density at radius 1 is 1.24 bits per heavy atom. The van der Waals surface area contributed by atoms with Crippen molar-refractivity contribution in [3.8, 4) is 0 Å². The molecule has 0 bridgehead atoms. The molecule has 0 spiro atoms. The maximum atomic E-state index is 12.4. The summed E-state index contributed by atoms with van der Waals surface area (Å²) < 4.78 is 1.19. The van der Waals surface area contributed by atoms with E-state index in [-0.39, 0.29) is 11.9 Å². The fraction of sp³-hybridized carbons (Fsp3) is 0.263. The molecule has 6 heteroatoms. The molecule has 1 unspecified atom stereocenters. The van der Waals surface area contributed by atoms with Crippen LogP contribution in [0.15, 0.2) is 53.4 Å². The van der Waals surface area contributed by atoms with Gasteiger partial charge in [-0.2, -0.15) is 0 Å². The first-order valence-electron chi connectivity index (χ1n) is 8.19. The maximum absolute atomic E-state index is 12.4. The Morgan fingerprint density at radius 3 is 2.72 bits per heavy atom. The Morgan fingerprint density at radius 2 is 1.96 bits per heavy atom. The minimum absolute atomic E-state index is 0.0203. The number of anilines is 1. The van der Waals surface area contributed by atoms with Crippen molar-refractivity contribution >= 4 is 44.9 Å². The molecule has 2 aromatic carbocycles. The first-order chi connectivity index (χ1) is 12.1. The SMILES string of the molecule is CSc1ccccc1NC(=O)C[NH+](C)[C@H](C)c1nc2ccccc2s1. The summed E-state index contributed by atoms with van der Waals surface area (Å²) in [5.41, 5.74) is 1.90. The molecule has 0 radical (unpaired) electrons. The molecule has 0 aliphatic rings. The van der Waals surface area contributed by atoms with E-state index in [1.54, 1.807) is 23.1 Å². The van der Waals surface area contributed by atoms with Crippen molar-refractivity contribution in [2.24, 2.45) is 0 Å². The Balaban J connectivity index is 1.66. The molecule has 1 amide bonds. The van der Waals surface area contributed by atoms with Gasteiger partial charge >= 0.3 is 0 Å². The summed E-state index contributed by atoms with van der Waals surface area (Å²) in [6.07, 6.45) is 2.01. The average Bonchev–Trinajstić information content (AvgIpc) is 3.05. The van der Waals surface area contributed by atoms with Gasteiger partial charge < -0.3 is 10.2 Å². The fourth-order valence-electron chi connectivity index (χ4n) is 2.63. The summed E-state index contributed by atoms with van der Waals surface area (Å²) in [6.45, 7) is 2.52. The zero-order valence-corrected chi connectivity index (χ0v) is 16.2. The number of hydrogen-bond donors (Lipinski definition) is 2. The van der Waals surface area contributed by atoms with Crippen LogP contribution in [-0.4, -0.2) is 30.7 Å². The Labute approximate surface area is 156 Å². The van der Waals surface area contributed by atoms with E-state index in [1.165, 1.54) is 4.70 Å². The van der Waals surface area contributed by atoms with Crippen LogP contribution in [0.2, 0.25) is 0 Å². The van der Waals surface area contributed by atoms with Crippen molar-refractivity contribution in [2.75, 3.05) is 25.2 Å². The van der Waals surface area contributed by atoms with Gasteiger partial charge in [-0.15, -0.1) is 23.1 Å². The number of quaternary nitrogens is 1. The van der Waals surface area contributed by atoms with Crippen LogP contribution in [0.3, 0.4) is 0 Å². The topological polar surface area (TPSA) is 46.4 Å². The van der Waals surface area contributed by atoms with E-state index < -0.39 is 0 Å². The molecular weight excluding hydrogens is 350 g/mol. The normalized spacial score (nSPS) is 13.6. The number of thiazole rings is 1. The fourth-order valence-corrected chi connectivity index (χ4v) is 4.30. The highest BCUT2D eigenvalue weighted by Crippen LogP contribution is 2.25. The van der Waals surface area contributed by atoms with Gasteiger partial charge in [0.15, 0.2) is 11.6 Å². The number of likely N-dealkylation sites (N-methyl/N-ethyl adjacent to an activating group) is 1. The Bertz CT molecular complexity index is 845. The molecule has 3 aromatic rings. The van der Waals surface area contributed by atoms with Crippen LogP contribution in [0.5, 0.6) is 0 Å². The molecular formula is C19H22N3OS2+. The van der Waals surface area contributed by atoms with Crippen LogP contribution in [0, 0.1) is 0 Å². The van der Waals surface area contributed by atoms with Gasteiger partial charge in [-0.25, -0.2) is 4.98 Å². The van der Waals surface area contributed by atoms with E-state index in [1.807, 2.05) is 55.8 Å². The number of benzene rings is 2. The second-order valence-electron chi connectivity index (χ2n) is 6.01. The average molecular weight is 373 g/mol. The Hall–Kier alpha value is -1.89. The van der Waals surface area contributed by atoms with E-state index in [2.05, 4.69) is 18.3 Å². The van der Waals surface area contributed by atoms with E-state index in [0.717, 1.165) is 26.0 Å². The lowest BCUT2D eigenvalue weighted by atomic mass is 10.3. The van der Waals surface area contributed by atoms with E-state index in [0.29, 0.717) is 6.54 Å². The molecule has 0 saturated heterocycles. The molecule has 130 valence electrons. The standard InChI is InChI=1S/C19H21N3OS2/c1-13(19-21-15-9-5-7-11-17(15)25-19)22(2)12-18(23)20-14-8-4-6-10-16(14)24-3/h4-11,13H,12H2,1-3H3,(H,20,23)/p+1/t13-/m1/s1. The number of hydrogen-bond acceptors (Lipinski definition) is 4. The lowest BCUT2D eigenvalue weighted by Gasteiger charge is -2.19. The van der Waals surface area contributed by atoms with Crippen molar-refractivity contribution in [1.29, 1.82) is 0 Å². The smallest absolute Gasteiger partial charge is 0.279 e. The summed E-state index contributed by atoms with van der Waals surface area (Å²) in [7, 11) is 2.04. The number of carbonyl (C=O) groups excluding carboxylic acids is 1. The van der Waals surface area contributed by atoms with Gasteiger partial charge in [0, 0.05) is 4.90 Å². The van der Waals surface area contributed by atoms with Gasteiger partial charge in [0.25, 0.3) is 5.91 Å². The molecule has 0 fully saturated rings. The highest BCUT2D eigenvalue weighted by Gasteiger charge is 2.22. The van der Waals surface area contributed by atoms with Gasteiger partial charge in [0.2, 0.25) is 0 Å². The number of rotatable bonds is 6. The third-order valence-corrected chi connectivity index (χ3v) is 6.26. The van der Waals surface area contributed by atoms with Crippen LogP contribution < -0.4 is 10.2 Å². The molecule has 1 heterocycles. The summed E-state index contributed by atoms with van der Waals surface area (Å²) in [5.74, 6) is 0.0203. The summed E-state index contributed by atoms with van der Waals surface area (Å²) >= 11 is 3.34. The number of para-hydroxylation sites is 2. The molecule has 3 rings (SSSR count). The first kappa shape index (κ1) is 17.9. The zero-order valence-electron chi connectivity index (χ0n) is 14.6. The number of thioether (sulfide) groups is 1. The van der Waals surface area contributed by atoms with Crippen LogP contribution in [0.4, 0.5) is 5.69 Å². The van der Waals surface area contributed by atoms with Crippen LogP contribution in [0.25, 0.3) is 10.2 Å². The van der Waals surface area contributed by atoms with Crippen LogP contribution in [-0.2, 0) is 4.79 Å². The quantitative estimate of drug-likeness (QED) is 0.653. The molecule has 0 saturated carbocycles. The van der Waals surface area contributed by atoms with Crippen LogP contribution >= 0.6 is 23.1 Å². The van der Waals surface area contributed by atoms with Gasteiger partial charge in [-0.3, -0.25) is 4.79 Å². The van der Waals surface area contributed by atoms with Crippen molar-refractivity contribution in [3.63, 3.8) is 0 Å². The lowest BCUT2D eigenvalue weighted by molar-refractivity contribution is -0.902. The number of fused-ring (bicyclic) bond motifs is 1. The second kappa shape index (κ2) is 7.99. The molecule has 25 heavy (non-hydrogen) atoms. The first-order valence-corrected chi connectivity index (χ1v) is 10.2. The number of aromatic nitrogens is 1. The predicted octanol–water partition coefficient (Wildman–Crippen LogP) is 3.23. The van der Waals surface area contributed by atoms with Crippen molar-refractivity contribution in [1.82, 2.24) is 4.98 Å². The largest absolute Gasteiger partial charge is 0.322 e. The van der Waals surface area contributed by atoms with Crippen molar-refractivity contribution in [2.45, 2.75) is 17.9 Å². The van der Waals surface area contributed by atoms with Crippen molar-refractivity contribution < 1.29 is 9.69 Å². The summed E-state index contributed by atoms with van der Waals surface area (Å²) in [4.78, 5) is 19.4. The van der Waals surface area contributed by atoms with Gasteiger partial charge in [-0.1, -0.05) is 24.3 Å². The van der Waals surface area contributed by atoms with Gasteiger partial charge in [0.1, 0.15) is 6.04 Å². The Kier molecular flexibility index (Phi) is 5.73. The third kappa shape index (κ3) is 4.21. The predicted molar refractivity (Wildman–Crippen MR) is 107 cm³/mol. The number of carbonyl (C=O) groups is 1. The highest BCUT2D eigenvalue weighted by atomic mass is 32.2. The molecule has 1 aromatic heterocycles. The minimum atomic E-state index is 0.0203. The molecule has 2 N–H and O–H groups in total. The van der Waals surface area contributed by atoms with Crippen molar-refractivity contribution in [3.05, 3.63) is 53.5 Å². The summed E-state index contributed by atoms with van der Waals surface area (Å²) in [5, 5.41) is 4.09. The lowest BCUT2D eigenvalue weighted by Crippen LogP contribution is -3.10. The van der Waals surface area contributed by atoms with Gasteiger partial charge in [0.05, 0.1) is 23.0 Å². The number of nitrogens with one attached hydrogen (secondary N) is 2. The van der Waals surface area contributed by atoms with Gasteiger partial charge in [-0.05, 0) is 37.4 Å². The zero-order chi connectivity index (χ0) is 17.8. The van der Waals surface area contributed by atoms with Crippen LogP contribution in [0.1, 0.15) is 18.0 Å². The number of nitrogens with zero attached hydrogens (tertiary/aromatic N) is 1. The molecule has 0 aliphatic heterocycles. The second-order valence-corrected chi connectivity index (χ2v) is 7.92. The monoisotopic (exact) mass is 372 g/mol. The van der Waals surface area contributed by atoms with E-state index in [9.17, 15) is 4.79 Å². The number of amides is 1. The van der Waals surface area contributed by atoms with E-state index >= 15 is 0 Å². The van der Waals surface area contributed by atoms with E-state index in [4.69, 9.17) is 4.98 Å². The minimum Gasteiger partial charge on any atom is -0.322 e. The summed E-state index contributed by atoms with van der Waals surface area (Å²) in [6, 6.07) is 16.2. The maximum Gasteiger partial charge on any atom is 0.279 e. The molecule has 0 aliphatic carbocycles. The highest BCUT2D eigenvalue weighted by molar-refractivity contribution is 7.98. The third-order valence-electron chi connectivity index (χ3n) is 4.24. The molecule has 2 atom stereocenters.